The zero-order chi connectivity index (χ0) is 14.0. The average molecular weight is 312 g/mol. The first-order valence-electron chi connectivity index (χ1n) is 9.31. The van der Waals surface area contributed by atoms with E-state index in [-0.39, 0.29) is 12.4 Å². The van der Waals surface area contributed by atoms with E-state index in [4.69, 9.17) is 5.73 Å². The zero-order valence-electron chi connectivity index (χ0n) is 13.9. The maximum Gasteiger partial charge on any atom is 0.00957 e. The molecular formula is C19H34ClN. The van der Waals surface area contributed by atoms with Crippen molar-refractivity contribution in [2.45, 2.75) is 84.1 Å². The van der Waals surface area contributed by atoms with Crippen molar-refractivity contribution >= 4 is 12.4 Å². The van der Waals surface area contributed by atoms with E-state index in [0.29, 0.717) is 16.9 Å². The normalized spacial score (nSPS) is 55.9. The fraction of sp³-hybridized carbons (Fsp3) is 1.00. The van der Waals surface area contributed by atoms with Gasteiger partial charge in [-0.15, -0.1) is 12.4 Å². The molecule has 0 bridgehead atoms. The Morgan fingerprint density at radius 1 is 0.762 bits per heavy atom. The molecule has 0 unspecified atom stereocenters. The second kappa shape index (κ2) is 5.41. The molecule has 4 fully saturated rings. The molecule has 0 saturated heterocycles. The Kier molecular flexibility index (Phi) is 4.15. The topological polar surface area (TPSA) is 26.0 Å². The number of fused-ring (bicyclic) bond motifs is 5. The van der Waals surface area contributed by atoms with Gasteiger partial charge in [0.2, 0.25) is 0 Å². The van der Waals surface area contributed by atoms with E-state index < -0.39 is 0 Å². The SMILES string of the molecule is C[C@]12CCCC[C@@H]1CC[C@@H]1[C@@H]2CC[C@]2(C)[C@@H](N)CC[C@@H]12.Cl. The predicted molar refractivity (Wildman–Crippen MR) is 91.6 cm³/mol. The molecule has 4 saturated carbocycles. The van der Waals surface area contributed by atoms with Crippen LogP contribution in [0, 0.1) is 34.5 Å². The summed E-state index contributed by atoms with van der Waals surface area (Å²) in [5.41, 5.74) is 7.69. The van der Waals surface area contributed by atoms with E-state index in [0.717, 1.165) is 23.7 Å². The monoisotopic (exact) mass is 311 g/mol. The van der Waals surface area contributed by atoms with E-state index in [2.05, 4.69) is 13.8 Å². The van der Waals surface area contributed by atoms with Crippen molar-refractivity contribution in [2.24, 2.45) is 40.2 Å². The highest BCUT2D eigenvalue weighted by Crippen LogP contribution is 2.65. The van der Waals surface area contributed by atoms with Gasteiger partial charge in [0.25, 0.3) is 0 Å². The van der Waals surface area contributed by atoms with Crippen LogP contribution in [0.3, 0.4) is 0 Å². The summed E-state index contributed by atoms with van der Waals surface area (Å²) in [6, 6.07) is 0.491. The van der Waals surface area contributed by atoms with Crippen LogP contribution in [-0.2, 0) is 0 Å². The second-order valence-corrected chi connectivity index (χ2v) is 9.13. The Bertz CT molecular complexity index is 397. The molecule has 1 nitrogen and oxygen atoms in total. The third kappa shape index (κ3) is 2.13. The molecular weight excluding hydrogens is 278 g/mol. The molecule has 122 valence electrons. The number of halogens is 1. The minimum atomic E-state index is 0. The van der Waals surface area contributed by atoms with Gasteiger partial charge in [-0.1, -0.05) is 26.7 Å². The molecule has 0 spiro atoms. The summed E-state index contributed by atoms with van der Waals surface area (Å²) in [7, 11) is 0. The lowest BCUT2D eigenvalue weighted by Crippen LogP contribution is -2.54. The highest BCUT2D eigenvalue weighted by Gasteiger charge is 2.58. The highest BCUT2D eigenvalue weighted by molar-refractivity contribution is 5.85. The van der Waals surface area contributed by atoms with Crippen LogP contribution < -0.4 is 5.73 Å². The molecule has 0 aliphatic heterocycles. The van der Waals surface area contributed by atoms with Crippen LogP contribution in [-0.4, -0.2) is 6.04 Å². The maximum absolute atomic E-state index is 6.51. The third-order valence-corrected chi connectivity index (χ3v) is 8.66. The van der Waals surface area contributed by atoms with Gasteiger partial charge in [-0.05, 0) is 85.9 Å². The lowest BCUT2D eigenvalue weighted by molar-refractivity contribution is -0.105. The van der Waals surface area contributed by atoms with Gasteiger partial charge in [-0.3, -0.25) is 0 Å². The van der Waals surface area contributed by atoms with Crippen molar-refractivity contribution in [3.63, 3.8) is 0 Å². The van der Waals surface area contributed by atoms with Gasteiger partial charge < -0.3 is 5.73 Å². The Labute approximate surface area is 137 Å². The first-order chi connectivity index (χ1) is 9.56. The van der Waals surface area contributed by atoms with Gasteiger partial charge >= 0.3 is 0 Å². The van der Waals surface area contributed by atoms with Gasteiger partial charge in [-0.25, -0.2) is 0 Å². The zero-order valence-corrected chi connectivity index (χ0v) is 14.8. The van der Waals surface area contributed by atoms with Crippen molar-refractivity contribution in [1.82, 2.24) is 0 Å². The predicted octanol–water partition coefficient (Wildman–Crippen LogP) is 5.17. The molecule has 2 N–H and O–H groups in total. The summed E-state index contributed by atoms with van der Waals surface area (Å²) in [5, 5.41) is 0. The van der Waals surface area contributed by atoms with E-state index in [1.165, 1.54) is 64.2 Å². The highest BCUT2D eigenvalue weighted by atomic mass is 35.5. The van der Waals surface area contributed by atoms with Crippen LogP contribution in [0.2, 0.25) is 0 Å². The van der Waals surface area contributed by atoms with E-state index in [1.807, 2.05) is 0 Å². The van der Waals surface area contributed by atoms with Gasteiger partial charge in [0, 0.05) is 6.04 Å². The molecule has 0 heterocycles. The van der Waals surface area contributed by atoms with Gasteiger partial charge in [0.1, 0.15) is 0 Å². The molecule has 4 aliphatic rings. The molecule has 0 radical (unpaired) electrons. The minimum absolute atomic E-state index is 0. The Balaban J connectivity index is 0.00000132. The Morgan fingerprint density at radius 2 is 1.52 bits per heavy atom. The number of rotatable bonds is 0. The van der Waals surface area contributed by atoms with Crippen LogP contribution in [0.15, 0.2) is 0 Å². The lowest BCUT2D eigenvalue weighted by atomic mass is 9.45. The summed E-state index contributed by atoms with van der Waals surface area (Å²) in [4.78, 5) is 0. The smallest absolute Gasteiger partial charge is 0.00957 e. The molecule has 7 atom stereocenters. The summed E-state index contributed by atoms with van der Waals surface area (Å²) in [5.74, 6) is 4.06. The van der Waals surface area contributed by atoms with Crippen LogP contribution in [0.5, 0.6) is 0 Å². The summed E-state index contributed by atoms with van der Waals surface area (Å²) >= 11 is 0. The molecule has 4 rings (SSSR count). The first kappa shape index (κ1) is 16.1. The van der Waals surface area contributed by atoms with Gasteiger partial charge in [0.05, 0.1) is 0 Å². The number of hydrogen-bond acceptors (Lipinski definition) is 1. The average Bonchev–Trinajstić information content (AvgIpc) is 2.74. The molecule has 0 aromatic heterocycles. The molecule has 4 aliphatic carbocycles. The summed E-state index contributed by atoms with van der Waals surface area (Å²) in [6.07, 6.45) is 14.7. The van der Waals surface area contributed by atoms with E-state index in [9.17, 15) is 0 Å². The maximum atomic E-state index is 6.51. The minimum Gasteiger partial charge on any atom is -0.327 e. The van der Waals surface area contributed by atoms with Gasteiger partial charge in [0.15, 0.2) is 0 Å². The standard InChI is InChI=1S/C19H33N.ClH/c1-18-11-4-3-5-13(18)6-7-14-15-8-9-17(20)19(15,2)12-10-16(14)18;/h13-17H,3-12,20H2,1-2H3;1H/t13-,14+,15+,16+,17+,18+,19+;/m1./s1. The fourth-order valence-corrected chi connectivity index (χ4v) is 7.34. The van der Waals surface area contributed by atoms with E-state index in [1.54, 1.807) is 0 Å². The van der Waals surface area contributed by atoms with Crippen molar-refractivity contribution in [3.8, 4) is 0 Å². The van der Waals surface area contributed by atoms with E-state index >= 15 is 0 Å². The Hall–Kier alpha value is 0.250. The molecule has 0 aromatic rings. The molecule has 0 aromatic carbocycles. The second-order valence-electron chi connectivity index (χ2n) is 9.13. The first-order valence-corrected chi connectivity index (χ1v) is 9.31. The largest absolute Gasteiger partial charge is 0.327 e. The number of nitrogens with two attached hydrogens (primary N) is 1. The van der Waals surface area contributed by atoms with Crippen molar-refractivity contribution in [3.05, 3.63) is 0 Å². The summed E-state index contributed by atoms with van der Waals surface area (Å²) < 4.78 is 0. The van der Waals surface area contributed by atoms with Crippen molar-refractivity contribution in [1.29, 1.82) is 0 Å². The third-order valence-electron chi connectivity index (χ3n) is 8.66. The molecule has 21 heavy (non-hydrogen) atoms. The molecule has 0 amide bonds. The van der Waals surface area contributed by atoms with Crippen LogP contribution in [0.1, 0.15) is 78.1 Å². The van der Waals surface area contributed by atoms with Crippen LogP contribution >= 0.6 is 12.4 Å². The number of hydrogen-bond donors (Lipinski definition) is 1. The quantitative estimate of drug-likeness (QED) is 0.656. The fourth-order valence-electron chi connectivity index (χ4n) is 7.34. The molecule has 2 heteroatoms. The lowest BCUT2D eigenvalue weighted by Gasteiger charge is -2.60. The Morgan fingerprint density at radius 3 is 2.33 bits per heavy atom. The summed E-state index contributed by atoms with van der Waals surface area (Å²) in [6.45, 7) is 5.20. The van der Waals surface area contributed by atoms with Crippen LogP contribution in [0.4, 0.5) is 0 Å². The van der Waals surface area contributed by atoms with Crippen molar-refractivity contribution < 1.29 is 0 Å². The van der Waals surface area contributed by atoms with Crippen molar-refractivity contribution in [2.75, 3.05) is 0 Å². The van der Waals surface area contributed by atoms with Crippen LogP contribution in [0.25, 0.3) is 0 Å². The van der Waals surface area contributed by atoms with Gasteiger partial charge in [-0.2, -0.15) is 0 Å².